The first-order valence-corrected chi connectivity index (χ1v) is 6.27. The van der Waals surface area contributed by atoms with Crippen molar-refractivity contribution in [2.45, 2.75) is 25.9 Å². The summed E-state index contributed by atoms with van der Waals surface area (Å²) < 4.78 is 0. The molecule has 1 aromatic carbocycles. The summed E-state index contributed by atoms with van der Waals surface area (Å²) in [5, 5.41) is 10.0. The van der Waals surface area contributed by atoms with Gasteiger partial charge in [-0.2, -0.15) is 0 Å². The standard InChI is InChI=1S/C13H15NOS/c1-10-13(16-9-14-10)12(15)8-7-11-5-3-2-4-6-11/h2-6,9,12,15H,7-8H2,1H3. The first-order chi connectivity index (χ1) is 7.77. The Morgan fingerprint density at radius 2 is 2.06 bits per heavy atom. The van der Waals surface area contributed by atoms with Crippen LogP contribution in [0.4, 0.5) is 0 Å². The van der Waals surface area contributed by atoms with Crippen molar-refractivity contribution < 1.29 is 5.11 Å². The lowest BCUT2D eigenvalue weighted by Gasteiger charge is -2.09. The number of hydrogen-bond donors (Lipinski definition) is 1. The molecule has 0 aliphatic carbocycles. The van der Waals surface area contributed by atoms with Crippen LogP contribution in [0.2, 0.25) is 0 Å². The van der Waals surface area contributed by atoms with Gasteiger partial charge < -0.3 is 5.11 Å². The van der Waals surface area contributed by atoms with E-state index in [0.717, 1.165) is 23.4 Å². The van der Waals surface area contributed by atoms with Gasteiger partial charge >= 0.3 is 0 Å². The fourth-order valence-electron chi connectivity index (χ4n) is 1.71. The van der Waals surface area contributed by atoms with Gasteiger partial charge in [0, 0.05) is 0 Å². The van der Waals surface area contributed by atoms with Gasteiger partial charge in [-0.15, -0.1) is 11.3 Å². The predicted molar refractivity (Wildman–Crippen MR) is 66.6 cm³/mol. The Morgan fingerprint density at radius 3 is 2.69 bits per heavy atom. The highest BCUT2D eigenvalue weighted by molar-refractivity contribution is 7.09. The number of aliphatic hydroxyl groups excluding tert-OH is 1. The van der Waals surface area contributed by atoms with E-state index in [4.69, 9.17) is 0 Å². The Morgan fingerprint density at radius 1 is 1.31 bits per heavy atom. The first kappa shape index (κ1) is 11.3. The molecule has 1 unspecified atom stereocenters. The minimum Gasteiger partial charge on any atom is -0.387 e. The fraction of sp³-hybridized carbons (Fsp3) is 0.308. The largest absolute Gasteiger partial charge is 0.387 e. The molecular weight excluding hydrogens is 218 g/mol. The monoisotopic (exact) mass is 233 g/mol. The van der Waals surface area contributed by atoms with E-state index in [9.17, 15) is 5.11 Å². The molecule has 1 atom stereocenters. The van der Waals surface area contributed by atoms with E-state index in [1.54, 1.807) is 5.51 Å². The van der Waals surface area contributed by atoms with Crippen molar-refractivity contribution in [3.05, 3.63) is 52.0 Å². The van der Waals surface area contributed by atoms with Crippen molar-refractivity contribution >= 4 is 11.3 Å². The van der Waals surface area contributed by atoms with Crippen LogP contribution in [-0.4, -0.2) is 10.1 Å². The van der Waals surface area contributed by atoms with Gasteiger partial charge in [0.05, 0.1) is 22.2 Å². The summed E-state index contributed by atoms with van der Waals surface area (Å²) in [5.74, 6) is 0. The summed E-state index contributed by atoms with van der Waals surface area (Å²) in [6.45, 7) is 1.94. The molecule has 0 aliphatic rings. The number of thiazole rings is 1. The van der Waals surface area contributed by atoms with E-state index >= 15 is 0 Å². The highest BCUT2D eigenvalue weighted by atomic mass is 32.1. The van der Waals surface area contributed by atoms with Crippen molar-refractivity contribution in [1.29, 1.82) is 0 Å². The molecule has 1 N–H and O–H groups in total. The number of rotatable bonds is 4. The smallest absolute Gasteiger partial charge is 0.0903 e. The molecule has 16 heavy (non-hydrogen) atoms. The van der Waals surface area contributed by atoms with Gasteiger partial charge in [0.1, 0.15) is 0 Å². The number of aromatic nitrogens is 1. The zero-order chi connectivity index (χ0) is 11.4. The van der Waals surface area contributed by atoms with Crippen molar-refractivity contribution in [3.63, 3.8) is 0 Å². The van der Waals surface area contributed by atoms with Crippen LogP contribution in [0.1, 0.15) is 28.7 Å². The van der Waals surface area contributed by atoms with Gasteiger partial charge in [-0.25, -0.2) is 4.98 Å². The van der Waals surface area contributed by atoms with Crippen LogP contribution >= 0.6 is 11.3 Å². The molecule has 0 bridgehead atoms. The molecule has 2 rings (SSSR count). The molecule has 2 aromatic rings. The van der Waals surface area contributed by atoms with E-state index in [2.05, 4.69) is 17.1 Å². The van der Waals surface area contributed by atoms with Gasteiger partial charge in [-0.1, -0.05) is 30.3 Å². The quantitative estimate of drug-likeness (QED) is 0.880. The summed E-state index contributed by atoms with van der Waals surface area (Å²) in [4.78, 5) is 5.15. The number of nitrogens with zero attached hydrogens (tertiary/aromatic N) is 1. The minimum absolute atomic E-state index is 0.382. The molecule has 0 spiro atoms. The van der Waals surface area contributed by atoms with Crippen LogP contribution in [0.25, 0.3) is 0 Å². The van der Waals surface area contributed by atoms with Crippen molar-refractivity contribution in [1.82, 2.24) is 4.98 Å². The number of benzene rings is 1. The average molecular weight is 233 g/mol. The van der Waals surface area contributed by atoms with E-state index in [1.165, 1.54) is 16.9 Å². The average Bonchev–Trinajstić information content (AvgIpc) is 2.74. The zero-order valence-corrected chi connectivity index (χ0v) is 10.1. The molecule has 0 aliphatic heterocycles. The topological polar surface area (TPSA) is 33.1 Å². The van der Waals surface area contributed by atoms with E-state index in [1.807, 2.05) is 25.1 Å². The van der Waals surface area contributed by atoms with E-state index < -0.39 is 0 Å². The van der Waals surface area contributed by atoms with Gasteiger partial charge in [-0.3, -0.25) is 0 Å². The Hall–Kier alpha value is -1.19. The summed E-state index contributed by atoms with van der Waals surface area (Å²) in [7, 11) is 0. The molecule has 1 heterocycles. The lowest BCUT2D eigenvalue weighted by atomic mass is 10.1. The second-order valence-electron chi connectivity index (χ2n) is 3.84. The van der Waals surface area contributed by atoms with Gasteiger partial charge in [0.25, 0.3) is 0 Å². The van der Waals surface area contributed by atoms with Gasteiger partial charge in [0.2, 0.25) is 0 Å². The van der Waals surface area contributed by atoms with Crippen molar-refractivity contribution in [3.8, 4) is 0 Å². The molecule has 0 fully saturated rings. The van der Waals surface area contributed by atoms with Crippen molar-refractivity contribution in [2.24, 2.45) is 0 Å². The Kier molecular flexibility index (Phi) is 3.70. The number of hydrogen-bond acceptors (Lipinski definition) is 3. The summed E-state index contributed by atoms with van der Waals surface area (Å²) in [6, 6.07) is 10.2. The second-order valence-corrected chi connectivity index (χ2v) is 4.73. The molecular formula is C13H15NOS. The highest BCUT2D eigenvalue weighted by Crippen LogP contribution is 2.25. The summed E-state index contributed by atoms with van der Waals surface area (Å²) >= 11 is 1.53. The van der Waals surface area contributed by atoms with Crippen LogP contribution in [0.15, 0.2) is 35.8 Å². The lowest BCUT2D eigenvalue weighted by Crippen LogP contribution is -1.99. The maximum atomic E-state index is 10.0. The summed E-state index contributed by atoms with van der Waals surface area (Å²) in [6.07, 6.45) is 1.28. The van der Waals surface area contributed by atoms with Crippen LogP contribution in [0.5, 0.6) is 0 Å². The van der Waals surface area contributed by atoms with E-state index in [-0.39, 0.29) is 6.10 Å². The molecule has 2 nitrogen and oxygen atoms in total. The molecule has 1 aromatic heterocycles. The van der Waals surface area contributed by atoms with Crippen LogP contribution in [-0.2, 0) is 6.42 Å². The molecule has 0 saturated carbocycles. The number of aryl methyl sites for hydroxylation is 2. The zero-order valence-electron chi connectivity index (χ0n) is 9.26. The van der Waals surface area contributed by atoms with Crippen LogP contribution in [0.3, 0.4) is 0 Å². The maximum Gasteiger partial charge on any atom is 0.0903 e. The van der Waals surface area contributed by atoms with E-state index in [0.29, 0.717) is 0 Å². The normalized spacial score (nSPS) is 12.6. The third kappa shape index (κ3) is 2.68. The predicted octanol–water partition coefficient (Wildman–Crippen LogP) is 3.12. The molecule has 0 saturated heterocycles. The molecule has 0 radical (unpaired) electrons. The third-order valence-corrected chi connectivity index (χ3v) is 3.67. The van der Waals surface area contributed by atoms with Crippen LogP contribution in [0, 0.1) is 6.92 Å². The minimum atomic E-state index is -0.382. The molecule has 3 heteroatoms. The lowest BCUT2D eigenvalue weighted by molar-refractivity contribution is 0.170. The fourth-order valence-corrected chi connectivity index (χ4v) is 2.53. The Bertz CT molecular complexity index is 438. The highest BCUT2D eigenvalue weighted by Gasteiger charge is 2.12. The number of aliphatic hydroxyl groups is 1. The SMILES string of the molecule is Cc1ncsc1C(O)CCc1ccccc1. The second kappa shape index (κ2) is 5.23. The summed E-state index contributed by atoms with van der Waals surface area (Å²) in [5.41, 5.74) is 4.01. The van der Waals surface area contributed by atoms with Crippen LogP contribution < -0.4 is 0 Å². The molecule has 84 valence electrons. The third-order valence-electron chi connectivity index (χ3n) is 2.63. The first-order valence-electron chi connectivity index (χ1n) is 5.39. The maximum absolute atomic E-state index is 10.0. The molecule has 0 amide bonds. The Labute approximate surface area is 99.6 Å². The van der Waals surface area contributed by atoms with Crippen molar-refractivity contribution in [2.75, 3.05) is 0 Å². The van der Waals surface area contributed by atoms with Gasteiger partial charge in [-0.05, 0) is 25.3 Å². The van der Waals surface area contributed by atoms with Gasteiger partial charge in [0.15, 0.2) is 0 Å². The Balaban J connectivity index is 1.94.